The van der Waals surface area contributed by atoms with Gasteiger partial charge in [-0.1, -0.05) is 25.5 Å². The SMILES string of the molecule is C[C@]12C=CC(=O)C=C1CCC1[C@@H]2[C@@H](O)C[C@@]2(C)[C@H]1C[C@@H](O)[C@]2(O)C(=O)CO. The summed E-state index contributed by atoms with van der Waals surface area (Å²) < 4.78 is 0. The molecule has 0 aliphatic heterocycles. The quantitative estimate of drug-likeness (QED) is 0.559. The molecular formula is C21H28O6. The first kappa shape index (κ1) is 19.0. The second-order valence-electron chi connectivity index (χ2n) is 9.31. The average molecular weight is 376 g/mol. The number of hydrogen-bond acceptors (Lipinski definition) is 6. The summed E-state index contributed by atoms with van der Waals surface area (Å²) in [7, 11) is 0. The van der Waals surface area contributed by atoms with Crippen LogP contribution in [0.5, 0.6) is 0 Å². The fourth-order valence-corrected chi connectivity index (χ4v) is 6.96. The van der Waals surface area contributed by atoms with Crippen molar-refractivity contribution in [3.8, 4) is 0 Å². The number of Topliss-reactive ketones (excluding diaryl/α,β-unsaturated/α-hetero) is 1. The number of aliphatic hydroxyl groups is 4. The Hall–Kier alpha value is -1.34. The van der Waals surface area contributed by atoms with Gasteiger partial charge in [-0.05, 0) is 49.7 Å². The fraction of sp³-hybridized carbons (Fsp3) is 0.714. The second-order valence-corrected chi connectivity index (χ2v) is 9.31. The Kier molecular flexibility index (Phi) is 4.10. The summed E-state index contributed by atoms with van der Waals surface area (Å²) in [5.41, 5.74) is -2.46. The monoisotopic (exact) mass is 376 g/mol. The Labute approximate surface area is 158 Å². The van der Waals surface area contributed by atoms with Gasteiger partial charge in [-0.15, -0.1) is 0 Å². The molecule has 1 unspecified atom stereocenters. The van der Waals surface area contributed by atoms with E-state index in [9.17, 15) is 30.0 Å². The predicted molar refractivity (Wildman–Crippen MR) is 96.4 cm³/mol. The molecule has 3 saturated carbocycles. The lowest BCUT2D eigenvalue weighted by atomic mass is 9.46. The minimum Gasteiger partial charge on any atom is -0.393 e. The molecule has 4 aliphatic carbocycles. The van der Waals surface area contributed by atoms with Crippen LogP contribution in [0.15, 0.2) is 23.8 Å². The van der Waals surface area contributed by atoms with Crippen LogP contribution in [0.25, 0.3) is 0 Å². The lowest BCUT2D eigenvalue weighted by Crippen LogP contribution is -2.63. The number of hydrogen-bond donors (Lipinski definition) is 4. The fourth-order valence-electron chi connectivity index (χ4n) is 6.96. The number of carbonyl (C=O) groups excluding carboxylic acids is 2. The van der Waals surface area contributed by atoms with Crippen LogP contribution in [0.2, 0.25) is 0 Å². The molecule has 0 amide bonds. The van der Waals surface area contributed by atoms with Crippen molar-refractivity contribution in [2.24, 2.45) is 28.6 Å². The maximum atomic E-state index is 12.4. The standard InChI is InChI=1S/C21H28O6/c1-19-6-5-12(23)7-11(19)3-4-13-14-8-16(25)21(27,17(26)10-22)20(14,2)9-15(24)18(13)19/h5-7,13-16,18,22,24-25,27H,3-4,8-10H2,1-2H3/t13?,14-,15-,16+,18+,19-,20-,21-/m0/s1. The van der Waals surface area contributed by atoms with Gasteiger partial charge < -0.3 is 20.4 Å². The van der Waals surface area contributed by atoms with Gasteiger partial charge in [-0.25, -0.2) is 0 Å². The predicted octanol–water partition coefficient (Wildman–Crippen LogP) is 0.528. The van der Waals surface area contributed by atoms with Gasteiger partial charge in [0.25, 0.3) is 0 Å². The first-order chi connectivity index (χ1) is 12.6. The van der Waals surface area contributed by atoms with Crippen molar-refractivity contribution in [2.45, 2.75) is 57.3 Å². The van der Waals surface area contributed by atoms with Crippen molar-refractivity contribution in [3.05, 3.63) is 23.8 Å². The number of fused-ring (bicyclic) bond motifs is 5. The van der Waals surface area contributed by atoms with E-state index in [1.807, 2.05) is 13.0 Å². The molecule has 0 aromatic carbocycles. The van der Waals surface area contributed by atoms with Gasteiger partial charge in [0, 0.05) is 16.7 Å². The van der Waals surface area contributed by atoms with Crippen molar-refractivity contribution in [3.63, 3.8) is 0 Å². The zero-order valence-electron chi connectivity index (χ0n) is 15.8. The van der Waals surface area contributed by atoms with Crippen LogP contribution in [0.1, 0.15) is 39.5 Å². The first-order valence-electron chi connectivity index (χ1n) is 9.76. The molecule has 4 N–H and O–H groups in total. The number of allylic oxidation sites excluding steroid dienone is 4. The normalized spacial score (nSPS) is 51.3. The minimum absolute atomic E-state index is 0.00826. The zero-order chi connectivity index (χ0) is 19.8. The number of aliphatic hydroxyl groups excluding tert-OH is 3. The zero-order valence-corrected chi connectivity index (χ0v) is 15.8. The highest BCUT2D eigenvalue weighted by molar-refractivity contribution is 6.01. The van der Waals surface area contributed by atoms with Crippen LogP contribution in [0.4, 0.5) is 0 Å². The van der Waals surface area contributed by atoms with E-state index >= 15 is 0 Å². The second kappa shape index (κ2) is 5.83. The molecule has 0 heterocycles. The number of ketones is 2. The third-order valence-electron chi connectivity index (χ3n) is 8.28. The van der Waals surface area contributed by atoms with Crippen LogP contribution in [-0.2, 0) is 9.59 Å². The molecule has 0 radical (unpaired) electrons. The van der Waals surface area contributed by atoms with E-state index in [0.29, 0.717) is 0 Å². The van der Waals surface area contributed by atoms with Crippen molar-refractivity contribution in [1.82, 2.24) is 0 Å². The molecule has 0 saturated heterocycles. The smallest absolute Gasteiger partial charge is 0.192 e. The highest BCUT2D eigenvalue weighted by atomic mass is 16.4. The van der Waals surface area contributed by atoms with Crippen LogP contribution in [0, 0.1) is 28.6 Å². The van der Waals surface area contributed by atoms with E-state index in [-0.39, 0.29) is 36.4 Å². The van der Waals surface area contributed by atoms with Crippen LogP contribution < -0.4 is 0 Å². The topological polar surface area (TPSA) is 115 Å². The first-order valence-corrected chi connectivity index (χ1v) is 9.76. The van der Waals surface area contributed by atoms with Gasteiger partial charge in [0.1, 0.15) is 6.61 Å². The minimum atomic E-state index is -2.05. The molecule has 8 atom stereocenters. The van der Waals surface area contributed by atoms with Crippen molar-refractivity contribution >= 4 is 11.6 Å². The van der Waals surface area contributed by atoms with Crippen LogP contribution in [-0.4, -0.2) is 56.4 Å². The Balaban J connectivity index is 1.78. The summed E-state index contributed by atoms with van der Waals surface area (Å²) in [5.74, 6) is -1.09. The lowest BCUT2D eigenvalue weighted by molar-refractivity contribution is -0.190. The summed E-state index contributed by atoms with van der Waals surface area (Å²) in [5, 5.41) is 42.3. The Morgan fingerprint density at radius 3 is 2.67 bits per heavy atom. The summed E-state index contributed by atoms with van der Waals surface area (Å²) in [6, 6.07) is 0. The molecule has 0 aromatic rings. The molecule has 27 heavy (non-hydrogen) atoms. The van der Waals surface area contributed by atoms with Gasteiger partial charge in [0.15, 0.2) is 17.2 Å². The molecule has 148 valence electrons. The molecule has 6 nitrogen and oxygen atoms in total. The van der Waals surface area contributed by atoms with E-state index in [1.165, 1.54) is 0 Å². The van der Waals surface area contributed by atoms with Crippen LogP contribution >= 0.6 is 0 Å². The van der Waals surface area contributed by atoms with Gasteiger partial charge in [0.05, 0.1) is 12.2 Å². The summed E-state index contributed by atoms with van der Waals surface area (Å²) in [4.78, 5) is 24.2. The van der Waals surface area contributed by atoms with Gasteiger partial charge in [0.2, 0.25) is 0 Å². The molecule has 0 bridgehead atoms. The maximum absolute atomic E-state index is 12.4. The number of rotatable bonds is 2. The third-order valence-corrected chi connectivity index (χ3v) is 8.28. The van der Waals surface area contributed by atoms with Crippen molar-refractivity contribution in [1.29, 1.82) is 0 Å². The summed E-state index contributed by atoms with van der Waals surface area (Å²) >= 11 is 0. The van der Waals surface area contributed by atoms with Gasteiger partial charge in [-0.3, -0.25) is 9.59 Å². The van der Waals surface area contributed by atoms with Crippen molar-refractivity contribution in [2.75, 3.05) is 6.61 Å². The third kappa shape index (κ3) is 2.21. The summed E-state index contributed by atoms with van der Waals surface area (Å²) in [6.45, 7) is 2.96. The molecule has 4 rings (SSSR count). The van der Waals surface area contributed by atoms with E-state index in [1.54, 1.807) is 19.1 Å². The van der Waals surface area contributed by atoms with Gasteiger partial charge >= 0.3 is 0 Å². The number of carbonyl (C=O) groups is 2. The van der Waals surface area contributed by atoms with Gasteiger partial charge in [-0.2, -0.15) is 0 Å². The van der Waals surface area contributed by atoms with E-state index in [2.05, 4.69) is 0 Å². The lowest BCUT2D eigenvalue weighted by Gasteiger charge is -2.59. The van der Waals surface area contributed by atoms with Crippen molar-refractivity contribution < 1.29 is 30.0 Å². The Morgan fingerprint density at radius 2 is 2.00 bits per heavy atom. The van der Waals surface area contributed by atoms with E-state index < -0.39 is 41.0 Å². The van der Waals surface area contributed by atoms with E-state index in [4.69, 9.17) is 0 Å². The average Bonchev–Trinajstić information content (AvgIpc) is 2.82. The Bertz CT molecular complexity index is 756. The Morgan fingerprint density at radius 1 is 1.30 bits per heavy atom. The highest BCUT2D eigenvalue weighted by Gasteiger charge is 2.71. The molecular weight excluding hydrogens is 348 g/mol. The molecule has 3 fully saturated rings. The maximum Gasteiger partial charge on any atom is 0.192 e. The molecule has 0 aromatic heterocycles. The molecule has 6 heteroatoms. The summed E-state index contributed by atoms with van der Waals surface area (Å²) in [6.07, 6.45) is 4.97. The molecule has 0 spiro atoms. The molecule has 4 aliphatic rings. The largest absolute Gasteiger partial charge is 0.393 e. The van der Waals surface area contributed by atoms with Crippen LogP contribution in [0.3, 0.4) is 0 Å². The highest BCUT2D eigenvalue weighted by Crippen LogP contribution is 2.67. The van der Waals surface area contributed by atoms with E-state index in [0.717, 1.165) is 18.4 Å².